The molecule has 2 aliphatic rings. The summed E-state index contributed by atoms with van der Waals surface area (Å²) in [5, 5.41) is 9.80. The first-order chi connectivity index (χ1) is 9.06. The molecule has 20 heavy (non-hydrogen) atoms. The standard InChI is InChI=1S/C17H23NO.ClH/c1-4-8-18-9-7-17(3)12(2)16(18)10-13-5-6-14(19)11-15(13)17;/h4-6,11-12,16,19H,1,7-10H2,2-3H3;1H/t12?,16?,17-;/m0./s1. The van der Waals surface area contributed by atoms with Gasteiger partial charge in [-0.25, -0.2) is 0 Å². The number of phenols is 1. The van der Waals surface area contributed by atoms with Crippen LogP contribution >= 0.6 is 12.4 Å². The molecule has 3 rings (SSSR count). The van der Waals surface area contributed by atoms with Crippen molar-refractivity contribution in [2.24, 2.45) is 5.92 Å². The highest BCUT2D eigenvalue weighted by Gasteiger charge is 2.48. The molecule has 2 nitrogen and oxygen atoms in total. The van der Waals surface area contributed by atoms with Crippen LogP contribution in [0.2, 0.25) is 0 Å². The molecule has 1 aliphatic carbocycles. The fourth-order valence-corrected chi connectivity index (χ4v) is 4.09. The summed E-state index contributed by atoms with van der Waals surface area (Å²) < 4.78 is 0. The van der Waals surface area contributed by atoms with Crippen LogP contribution in [0.3, 0.4) is 0 Å². The van der Waals surface area contributed by atoms with E-state index >= 15 is 0 Å². The number of piperidine rings is 1. The molecule has 1 saturated heterocycles. The number of hydrogen-bond acceptors (Lipinski definition) is 2. The van der Waals surface area contributed by atoms with Gasteiger partial charge in [-0.2, -0.15) is 0 Å². The molecule has 1 aromatic carbocycles. The van der Waals surface area contributed by atoms with Crippen LogP contribution in [0, 0.1) is 5.92 Å². The van der Waals surface area contributed by atoms with E-state index < -0.39 is 0 Å². The summed E-state index contributed by atoms with van der Waals surface area (Å²) in [6.07, 6.45) is 4.27. The van der Waals surface area contributed by atoms with Crippen LogP contribution in [0.5, 0.6) is 5.75 Å². The molecule has 1 N–H and O–H groups in total. The number of rotatable bonds is 2. The van der Waals surface area contributed by atoms with Crippen molar-refractivity contribution in [2.75, 3.05) is 13.1 Å². The average Bonchev–Trinajstić information content (AvgIpc) is 2.38. The number of fused-ring (bicyclic) bond motifs is 4. The first-order valence-corrected chi connectivity index (χ1v) is 7.23. The van der Waals surface area contributed by atoms with Crippen LogP contribution in [-0.2, 0) is 11.8 Å². The maximum absolute atomic E-state index is 9.80. The van der Waals surface area contributed by atoms with E-state index in [0.29, 0.717) is 17.7 Å². The Morgan fingerprint density at radius 1 is 1.50 bits per heavy atom. The number of benzene rings is 1. The third-order valence-electron chi connectivity index (χ3n) is 5.47. The minimum Gasteiger partial charge on any atom is -0.508 e. The van der Waals surface area contributed by atoms with Gasteiger partial charge in [-0.05, 0) is 54.0 Å². The number of phenolic OH excluding ortho intramolecular Hbond substituents is 1. The Morgan fingerprint density at radius 2 is 2.25 bits per heavy atom. The molecule has 2 bridgehead atoms. The highest BCUT2D eigenvalue weighted by Crippen LogP contribution is 2.49. The van der Waals surface area contributed by atoms with E-state index in [2.05, 4.69) is 31.4 Å². The summed E-state index contributed by atoms with van der Waals surface area (Å²) in [5.74, 6) is 1.02. The van der Waals surface area contributed by atoms with Crippen molar-refractivity contribution < 1.29 is 5.11 Å². The van der Waals surface area contributed by atoms with Crippen molar-refractivity contribution in [3.63, 3.8) is 0 Å². The smallest absolute Gasteiger partial charge is 0.115 e. The summed E-state index contributed by atoms with van der Waals surface area (Å²) in [7, 11) is 0. The van der Waals surface area contributed by atoms with Crippen LogP contribution in [0.15, 0.2) is 30.9 Å². The number of aromatic hydroxyl groups is 1. The molecule has 1 fully saturated rings. The van der Waals surface area contributed by atoms with Crippen molar-refractivity contribution in [1.82, 2.24) is 4.90 Å². The molecule has 2 unspecified atom stereocenters. The second kappa shape index (κ2) is 5.42. The van der Waals surface area contributed by atoms with E-state index in [4.69, 9.17) is 0 Å². The topological polar surface area (TPSA) is 23.5 Å². The number of halogens is 1. The Labute approximate surface area is 127 Å². The Balaban J connectivity index is 0.00000147. The van der Waals surface area contributed by atoms with Crippen LogP contribution in [0.25, 0.3) is 0 Å². The van der Waals surface area contributed by atoms with E-state index in [0.717, 1.165) is 25.9 Å². The number of likely N-dealkylation sites (tertiary alicyclic amines) is 1. The number of hydrogen-bond donors (Lipinski definition) is 1. The lowest BCUT2D eigenvalue weighted by Crippen LogP contribution is -2.57. The number of nitrogens with zero attached hydrogens (tertiary/aromatic N) is 1. The lowest BCUT2D eigenvalue weighted by Gasteiger charge is -2.54. The zero-order chi connectivity index (χ0) is 13.6. The van der Waals surface area contributed by atoms with E-state index in [-0.39, 0.29) is 17.8 Å². The SMILES string of the molecule is C=CCN1CC[C@]2(C)c3cc(O)ccc3CC1C2C.Cl. The predicted octanol–water partition coefficient (Wildman–Crippen LogP) is 3.52. The quantitative estimate of drug-likeness (QED) is 0.843. The van der Waals surface area contributed by atoms with Gasteiger partial charge in [-0.15, -0.1) is 19.0 Å². The minimum atomic E-state index is 0. The summed E-state index contributed by atoms with van der Waals surface area (Å²) >= 11 is 0. The highest BCUT2D eigenvalue weighted by molar-refractivity contribution is 5.85. The van der Waals surface area contributed by atoms with Crippen LogP contribution in [0.4, 0.5) is 0 Å². The maximum atomic E-state index is 9.80. The molecule has 1 aromatic rings. The van der Waals surface area contributed by atoms with E-state index in [9.17, 15) is 5.11 Å². The average molecular weight is 294 g/mol. The normalized spacial score (nSPS) is 32.1. The molecule has 0 aromatic heterocycles. The fourth-order valence-electron chi connectivity index (χ4n) is 4.09. The molecule has 110 valence electrons. The third kappa shape index (κ3) is 2.15. The molecular weight excluding hydrogens is 270 g/mol. The molecule has 0 saturated carbocycles. The van der Waals surface area contributed by atoms with Gasteiger partial charge >= 0.3 is 0 Å². The highest BCUT2D eigenvalue weighted by atomic mass is 35.5. The van der Waals surface area contributed by atoms with Gasteiger partial charge < -0.3 is 5.11 Å². The monoisotopic (exact) mass is 293 g/mol. The molecule has 0 spiro atoms. The Bertz CT molecular complexity index is 516. The van der Waals surface area contributed by atoms with Gasteiger partial charge in [-0.3, -0.25) is 4.90 Å². The van der Waals surface area contributed by atoms with Crippen LogP contribution in [-0.4, -0.2) is 29.1 Å². The van der Waals surface area contributed by atoms with Crippen molar-refractivity contribution in [3.05, 3.63) is 42.0 Å². The van der Waals surface area contributed by atoms with Crippen molar-refractivity contribution in [2.45, 2.75) is 38.1 Å². The summed E-state index contributed by atoms with van der Waals surface area (Å²) in [6, 6.07) is 6.53. The van der Waals surface area contributed by atoms with Gasteiger partial charge in [0, 0.05) is 12.6 Å². The Morgan fingerprint density at radius 3 is 2.95 bits per heavy atom. The van der Waals surface area contributed by atoms with Gasteiger partial charge in [0.2, 0.25) is 0 Å². The molecule has 3 heteroatoms. The lowest BCUT2D eigenvalue weighted by atomic mass is 9.59. The molecule has 0 amide bonds. The first-order valence-electron chi connectivity index (χ1n) is 7.23. The van der Waals surface area contributed by atoms with Crippen molar-refractivity contribution in [3.8, 4) is 5.75 Å². The first kappa shape index (κ1) is 15.4. The third-order valence-corrected chi connectivity index (χ3v) is 5.47. The zero-order valence-electron chi connectivity index (χ0n) is 12.3. The van der Waals surface area contributed by atoms with E-state index in [1.807, 2.05) is 18.2 Å². The van der Waals surface area contributed by atoms with Crippen LogP contribution in [0.1, 0.15) is 31.4 Å². The molecule has 0 radical (unpaired) electrons. The second-order valence-electron chi connectivity index (χ2n) is 6.35. The van der Waals surface area contributed by atoms with Gasteiger partial charge in [0.15, 0.2) is 0 Å². The fraction of sp³-hybridized carbons (Fsp3) is 0.529. The second-order valence-corrected chi connectivity index (χ2v) is 6.35. The van der Waals surface area contributed by atoms with Gasteiger partial charge in [-0.1, -0.05) is 26.0 Å². The van der Waals surface area contributed by atoms with E-state index in [1.165, 1.54) is 11.1 Å². The molecule has 3 atom stereocenters. The molecule has 1 aliphatic heterocycles. The van der Waals surface area contributed by atoms with Gasteiger partial charge in [0.1, 0.15) is 5.75 Å². The lowest BCUT2D eigenvalue weighted by molar-refractivity contribution is 0.0398. The van der Waals surface area contributed by atoms with Gasteiger partial charge in [0.25, 0.3) is 0 Å². The van der Waals surface area contributed by atoms with E-state index in [1.54, 1.807) is 0 Å². The molecule has 1 heterocycles. The maximum Gasteiger partial charge on any atom is 0.115 e. The predicted molar refractivity (Wildman–Crippen MR) is 85.7 cm³/mol. The minimum absolute atomic E-state index is 0. The Hall–Kier alpha value is -0.990. The van der Waals surface area contributed by atoms with Crippen LogP contribution < -0.4 is 0 Å². The van der Waals surface area contributed by atoms with Gasteiger partial charge in [0.05, 0.1) is 0 Å². The largest absolute Gasteiger partial charge is 0.508 e. The Kier molecular flexibility index (Phi) is 4.17. The van der Waals surface area contributed by atoms with Crippen molar-refractivity contribution >= 4 is 12.4 Å². The zero-order valence-corrected chi connectivity index (χ0v) is 13.1. The summed E-state index contributed by atoms with van der Waals surface area (Å²) in [5.41, 5.74) is 2.99. The summed E-state index contributed by atoms with van der Waals surface area (Å²) in [4.78, 5) is 2.56. The van der Waals surface area contributed by atoms with Crippen molar-refractivity contribution in [1.29, 1.82) is 0 Å². The summed E-state index contributed by atoms with van der Waals surface area (Å²) in [6.45, 7) is 10.7. The molecular formula is C17H24ClNO.